The molecule has 0 bridgehead atoms. The average molecular weight is 397 g/mol. The Hall–Kier alpha value is -2.66. The van der Waals surface area contributed by atoms with Crippen LogP contribution in [0.1, 0.15) is 11.1 Å². The fourth-order valence-corrected chi connectivity index (χ4v) is 3.04. The predicted octanol–water partition coefficient (Wildman–Crippen LogP) is 4.30. The van der Waals surface area contributed by atoms with E-state index in [1.807, 2.05) is 60.7 Å². The predicted molar refractivity (Wildman–Crippen MR) is 104 cm³/mol. The van der Waals surface area contributed by atoms with Gasteiger partial charge in [-0.1, -0.05) is 46.3 Å². The van der Waals surface area contributed by atoms with E-state index in [0.29, 0.717) is 0 Å². The molecule has 0 aromatic heterocycles. The zero-order valence-electron chi connectivity index (χ0n) is 13.7. The summed E-state index contributed by atoms with van der Waals surface area (Å²) in [5.74, 6) is 0.625. The molecule has 0 atom stereocenters. The SMILES string of the molecule is COc1ccc(/C=N\NC(=O)Cc2ccc(Br)c3ccccc23)cc1. The molecule has 4 nitrogen and oxygen atoms in total. The minimum atomic E-state index is -0.155. The number of nitrogens with zero attached hydrogens (tertiary/aromatic N) is 1. The van der Waals surface area contributed by atoms with E-state index in [4.69, 9.17) is 4.74 Å². The summed E-state index contributed by atoms with van der Waals surface area (Å²) in [6.07, 6.45) is 1.88. The van der Waals surface area contributed by atoms with Gasteiger partial charge in [-0.15, -0.1) is 0 Å². The maximum Gasteiger partial charge on any atom is 0.244 e. The molecule has 126 valence electrons. The van der Waals surface area contributed by atoms with Crippen molar-refractivity contribution in [2.45, 2.75) is 6.42 Å². The fourth-order valence-electron chi connectivity index (χ4n) is 2.56. The summed E-state index contributed by atoms with van der Waals surface area (Å²) in [6.45, 7) is 0. The lowest BCUT2D eigenvalue weighted by atomic mass is 10.0. The summed E-state index contributed by atoms with van der Waals surface area (Å²) in [4.78, 5) is 12.2. The number of amides is 1. The Morgan fingerprint density at radius 2 is 1.80 bits per heavy atom. The van der Waals surface area contributed by atoms with Crippen LogP contribution in [0.15, 0.2) is 70.2 Å². The van der Waals surface area contributed by atoms with Crippen LogP contribution in [0.2, 0.25) is 0 Å². The minimum Gasteiger partial charge on any atom is -0.497 e. The third kappa shape index (κ3) is 4.25. The summed E-state index contributed by atoms with van der Waals surface area (Å²) < 4.78 is 6.12. The Kier molecular flexibility index (Phi) is 5.46. The van der Waals surface area contributed by atoms with Crippen LogP contribution in [-0.4, -0.2) is 19.2 Å². The lowest BCUT2D eigenvalue weighted by Crippen LogP contribution is -2.19. The Labute approximate surface area is 154 Å². The van der Waals surface area contributed by atoms with E-state index in [1.54, 1.807) is 13.3 Å². The first kappa shape index (κ1) is 17.2. The normalized spacial score (nSPS) is 11.0. The highest BCUT2D eigenvalue weighted by atomic mass is 79.9. The lowest BCUT2D eigenvalue weighted by Gasteiger charge is -2.07. The molecular weight excluding hydrogens is 380 g/mol. The van der Waals surface area contributed by atoms with Crippen LogP contribution in [0.5, 0.6) is 5.75 Å². The largest absolute Gasteiger partial charge is 0.497 e. The second-order valence-electron chi connectivity index (χ2n) is 5.50. The molecule has 3 aromatic carbocycles. The molecule has 25 heavy (non-hydrogen) atoms. The maximum atomic E-state index is 12.2. The number of methoxy groups -OCH3 is 1. The number of carbonyl (C=O) groups is 1. The summed E-state index contributed by atoms with van der Waals surface area (Å²) in [7, 11) is 1.62. The van der Waals surface area contributed by atoms with Gasteiger partial charge in [0.1, 0.15) is 5.75 Å². The monoisotopic (exact) mass is 396 g/mol. The van der Waals surface area contributed by atoms with Crippen LogP contribution < -0.4 is 10.2 Å². The number of benzene rings is 3. The molecule has 3 aromatic rings. The molecule has 0 aliphatic carbocycles. The van der Waals surface area contributed by atoms with Gasteiger partial charge < -0.3 is 4.74 Å². The quantitative estimate of drug-likeness (QED) is 0.516. The van der Waals surface area contributed by atoms with E-state index in [1.165, 1.54) is 0 Å². The van der Waals surface area contributed by atoms with Crippen molar-refractivity contribution in [1.82, 2.24) is 5.43 Å². The van der Waals surface area contributed by atoms with Gasteiger partial charge in [-0.25, -0.2) is 5.43 Å². The summed E-state index contributed by atoms with van der Waals surface area (Å²) >= 11 is 3.54. The topological polar surface area (TPSA) is 50.7 Å². The fraction of sp³-hybridized carbons (Fsp3) is 0.100. The number of halogens is 1. The third-order valence-electron chi connectivity index (χ3n) is 3.83. The number of hydrogen-bond donors (Lipinski definition) is 1. The van der Waals surface area contributed by atoms with Crippen LogP contribution in [0.3, 0.4) is 0 Å². The van der Waals surface area contributed by atoms with E-state index < -0.39 is 0 Å². The molecule has 0 aliphatic rings. The number of hydrazone groups is 1. The molecule has 0 saturated carbocycles. The molecule has 0 spiro atoms. The zero-order valence-corrected chi connectivity index (χ0v) is 15.3. The molecule has 0 unspecified atom stereocenters. The van der Waals surface area contributed by atoms with Gasteiger partial charge in [-0.3, -0.25) is 4.79 Å². The number of fused-ring (bicyclic) bond motifs is 1. The lowest BCUT2D eigenvalue weighted by molar-refractivity contribution is -0.120. The average Bonchev–Trinajstić information content (AvgIpc) is 2.65. The summed E-state index contributed by atoms with van der Waals surface area (Å²) in [5.41, 5.74) is 4.43. The second kappa shape index (κ2) is 7.94. The van der Waals surface area contributed by atoms with Crippen LogP contribution in [0.25, 0.3) is 10.8 Å². The van der Waals surface area contributed by atoms with Gasteiger partial charge in [0.2, 0.25) is 5.91 Å². The van der Waals surface area contributed by atoms with Crippen LogP contribution >= 0.6 is 15.9 Å². The van der Waals surface area contributed by atoms with E-state index in [0.717, 1.165) is 32.1 Å². The molecule has 3 rings (SSSR count). The van der Waals surface area contributed by atoms with Gasteiger partial charge >= 0.3 is 0 Å². The highest BCUT2D eigenvalue weighted by Crippen LogP contribution is 2.27. The molecule has 5 heteroatoms. The van der Waals surface area contributed by atoms with Crippen molar-refractivity contribution in [2.24, 2.45) is 5.10 Å². The van der Waals surface area contributed by atoms with Crippen molar-refractivity contribution < 1.29 is 9.53 Å². The third-order valence-corrected chi connectivity index (χ3v) is 4.52. The summed E-state index contributed by atoms with van der Waals surface area (Å²) in [5, 5.41) is 6.17. The number of hydrogen-bond acceptors (Lipinski definition) is 3. The molecule has 1 N–H and O–H groups in total. The Morgan fingerprint density at radius 1 is 1.08 bits per heavy atom. The Bertz CT molecular complexity index is 921. The van der Waals surface area contributed by atoms with E-state index in [9.17, 15) is 4.79 Å². The number of carbonyl (C=O) groups excluding carboxylic acids is 1. The van der Waals surface area contributed by atoms with Crippen molar-refractivity contribution in [3.05, 3.63) is 76.3 Å². The Morgan fingerprint density at radius 3 is 2.52 bits per heavy atom. The smallest absolute Gasteiger partial charge is 0.244 e. The van der Waals surface area contributed by atoms with Crippen molar-refractivity contribution in [2.75, 3.05) is 7.11 Å². The van der Waals surface area contributed by atoms with Gasteiger partial charge in [0.05, 0.1) is 19.7 Å². The van der Waals surface area contributed by atoms with Crippen molar-refractivity contribution in [1.29, 1.82) is 0 Å². The molecule has 0 saturated heterocycles. The van der Waals surface area contributed by atoms with Gasteiger partial charge in [-0.05, 0) is 52.2 Å². The molecule has 0 heterocycles. The number of rotatable bonds is 5. The van der Waals surface area contributed by atoms with E-state index in [-0.39, 0.29) is 12.3 Å². The summed E-state index contributed by atoms with van der Waals surface area (Å²) in [6, 6.07) is 19.4. The number of ether oxygens (including phenoxy) is 1. The molecular formula is C20H17BrN2O2. The Balaban J connectivity index is 1.66. The van der Waals surface area contributed by atoms with E-state index in [2.05, 4.69) is 26.5 Å². The first-order chi connectivity index (χ1) is 12.2. The van der Waals surface area contributed by atoms with Gasteiger partial charge in [0.25, 0.3) is 0 Å². The van der Waals surface area contributed by atoms with Crippen molar-refractivity contribution in [3.8, 4) is 5.75 Å². The first-order valence-electron chi connectivity index (χ1n) is 7.79. The minimum absolute atomic E-state index is 0.155. The standard InChI is InChI=1S/C20H17BrN2O2/c1-25-16-9-6-14(7-10-16)13-22-23-20(24)12-15-8-11-19(21)18-5-3-2-4-17(15)18/h2-11,13H,12H2,1H3,(H,23,24)/b22-13-. The van der Waals surface area contributed by atoms with Crippen molar-refractivity contribution >= 4 is 38.8 Å². The second-order valence-corrected chi connectivity index (χ2v) is 6.35. The van der Waals surface area contributed by atoms with Crippen LogP contribution in [-0.2, 0) is 11.2 Å². The first-order valence-corrected chi connectivity index (χ1v) is 8.59. The highest BCUT2D eigenvalue weighted by Gasteiger charge is 2.08. The maximum absolute atomic E-state index is 12.2. The molecule has 0 radical (unpaired) electrons. The van der Waals surface area contributed by atoms with Gasteiger partial charge in [0.15, 0.2) is 0 Å². The van der Waals surface area contributed by atoms with E-state index >= 15 is 0 Å². The highest BCUT2D eigenvalue weighted by molar-refractivity contribution is 9.10. The van der Waals surface area contributed by atoms with Crippen LogP contribution in [0.4, 0.5) is 0 Å². The van der Waals surface area contributed by atoms with Gasteiger partial charge in [-0.2, -0.15) is 5.10 Å². The van der Waals surface area contributed by atoms with Crippen molar-refractivity contribution in [3.63, 3.8) is 0 Å². The molecule has 1 amide bonds. The number of nitrogens with one attached hydrogen (secondary N) is 1. The van der Waals surface area contributed by atoms with Crippen LogP contribution in [0, 0.1) is 0 Å². The molecule has 0 aliphatic heterocycles. The van der Waals surface area contributed by atoms with Gasteiger partial charge in [0, 0.05) is 4.47 Å². The molecule has 0 fully saturated rings. The zero-order chi connectivity index (χ0) is 17.6.